The van der Waals surface area contributed by atoms with Crippen molar-refractivity contribution in [2.24, 2.45) is 0 Å². The molecule has 0 aromatic rings. The molecule has 0 bridgehead atoms. The van der Waals surface area contributed by atoms with Gasteiger partial charge in [-0.3, -0.25) is 14.4 Å². The fourth-order valence-corrected chi connectivity index (χ4v) is 8.98. The number of carbonyl (C=O) groups excluding carboxylic acids is 3. The largest absolute Gasteiger partial charge is 0.462 e. The summed E-state index contributed by atoms with van der Waals surface area (Å²) in [4.78, 5) is 38.1. The molecule has 6 heteroatoms. The van der Waals surface area contributed by atoms with E-state index in [4.69, 9.17) is 14.2 Å². The van der Waals surface area contributed by atoms with Gasteiger partial charge >= 0.3 is 17.9 Å². The molecule has 0 rings (SSSR count). The summed E-state index contributed by atoms with van der Waals surface area (Å²) in [5.41, 5.74) is 0. The Hall–Kier alpha value is -1.59. The third-order valence-corrected chi connectivity index (χ3v) is 13.4. The van der Waals surface area contributed by atoms with Crippen molar-refractivity contribution < 1.29 is 28.6 Å². The molecule has 0 saturated carbocycles. The van der Waals surface area contributed by atoms with E-state index in [1.807, 2.05) is 0 Å². The van der Waals surface area contributed by atoms with Crippen LogP contribution in [0, 0.1) is 0 Å². The highest BCUT2D eigenvalue weighted by Gasteiger charge is 2.19. The van der Waals surface area contributed by atoms with Crippen molar-refractivity contribution in [3.05, 3.63) is 0 Å². The standard InChI is InChI=1S/C58H112O6/c1-4-7-10-13-16-19-22-24-26-28-29-30-32-34-37-39-42-45-48-51-57(60)63-54-55(64-58(61)52-49-46-43-40-35-21-18-15-12-9-6-3)53-62-56(59)50-47-44-41-38-36-33-31-27-25-23-20-17-14-11-8-5-2/h55H,4-54H2,1-3H3/t55-/m1/s1. The molecule has 0 spiro atoms. The molecule has 0 aromatic heterocycles. The predicted octanol–water partition coefficient (Wildman–Crippen LogP) is 19.2. The fraction of sp³-hybridized carbons (Fsp3) is 0.948. The van der Waals surface area contributed by atoms with Gasteiger partial charge in [0.05, 0.1) is 0 Å². The Bertz CT molecular complexity index is 951. The Morgan fingerprint density at radius 2 is 0.422 bits per heavy atom. The second kappa shape index (κ2) is 54.0. The Morgan fingerprint density at radius 1 is 0.250 bits per heavy atom. The highest BCUT2D eigenvalue weighted by Crippen LogP contribution is 2.18. The first-order valence-electron chi connectivity index (χ1n) is 29.0. The van der Waals surface area contributed by atoms with Gasteiger partial charge in [0.25, 0.3) is 0 Å². The molecule has 0 aliphatic heterocycles. The number of rotatable bonds is 54. The summed E-state index contributed by atoms with van der Waals surface area (Å²) in [6.45, 7) is 6.70. The number of hydrogen-bond donors (Lipinski definition) is 0. The first-order valence-corrected chi connectivity index (χ1v) is 29.0. The summed E-state index contributed by atoms with van der Waals surface area (Å²) in [5.74, 6) is -0.834. The molecule has 0 aromatic carbocycles. The monoisotopic (exact) mass is 905 g/mol. The normalized spacial score (nSPS) is 11.9. The van der Waals surface area contributed by atoms with Crippen molar-refractivity contribution in [2.75, 3.05) is 13.2 Å². The highest BCUT2D eigenvalue weighted by atomic mass is 16.6. The Labute approximate surface area is 399 Å². The maximum atomic E-state index is 12.8. The van der Waals surface area contributed by atoms with E-state index in [1.165, 1.54) is 238 Å². The fourth-order valence-electron chi connectivity index (χ4n) is 8.98. The van der Waals surface area contributed by atoms with Gasteiger partial charge in [-0.05, 0) is 19.3 Å². The van der Waals surface area contributed by atoms with Gasteiger partial charge in [-0.25, -0.2) is 0 Å². The van der Waals surface area contributed by atoms with E-state index in [0.29, 0.717) is 19.3 Å². The average molecular weight is 906 g/mol. The molecule has 0 saturated heterocycles. The molecule has 0 heterocycles. The third-order valence-electron chi connectivity index (χ3n) is 13.4. The number of esters is 3. The molecular weight excluding hydrogens is 793 g/mol. The van der Waals surface area contributed by atoms with E-state index < -0.39 is 6.10 Å². The molecule has 0 aliphatic rings. The lowest BCUT2D eigenvalue weighted by Gasteiger charge is -2.18. The molecule has 0 amide bonds. The van der Waals surface area contributed by atoms with E-state index in [1.54, 1.807) is 0 Å². The van der Waals surface area contributed by atoms with E-state index in [9.17, 15) is 14.4 Å². The molecule has 0 N–H and O–H groups in total. The van der Waals surface area contributed by atoms with Crippen LogP contribution < -0.4 is 0 Å². The lowest BCUT2D eigenvalue weighted by Crippen LogP contribution is -2.30. The summed E-state index contributed by atoms with van der Waals surface area (Å²) < 4.78 is 16.9. The van der Waals surface area contributed by atoms with E-state index in [0.717, 1.165) is 57.8 Å². The van der Waals surface area contributed by atoms with E-state index >= 15 is 0 Å². The first-order chi connectivity index (χ1) is 31.5. The van der Waals surface area contributed by atoms with Gasteiger partial charge in [0.15, 0.2) is 6.10 Å². The van der Waals surface area contributed by atoms with Crippen LogP contribution in [0.25, 0.3) is 0 Å². The molecule has 64 heavy (non-hydrogen) atoms. The zero-order valence-corrected chi connectivity index (χ0v) is 43.6. The van der Waals surface area contributed by atoms with Crippen LogP contribution in [0.15, 0.2) is 0 Å². The summed E-state index contributed by atoms with van der Waals surface area (Å²) in [7, 11) is 0. The number of hydrogen-bond acceptors (Lipinski definition) is 6. The molecule has 0 fully saturated rings. The Kier molecular flexibility index (Phi) is 52.7. The van der Waals surface area contributed by atoms with Crippen LogP contribution in [0.5, 0.6) is 0 Å². The van der Waals surface area contributed by atoms with Gasteiger partial charge in [-0.2, -0.15) is 0 Å². The van der Waals surface area contributed by atoms with Crippen LogP contribution in [0.4, 0.5) is 0 Å². The molecule has 1 atom stereocenters. The molecule has 0 radical (unpaired) electrons. The predicted molar refractivity (Wildman–Crippen MR) is 275 cm³/mol. The number of carbonyl (C=O) groups is 3. The minimum atomic E-state index is -0.760. The average Bonchev–Trinajstić information content (AvgIpc) is 3.29. The van der Waals surface area contributed by atoms with Crippen LogP contribution in [0.1, 0.15) is 335 Å². The first kappa shape index (κ1) is 62.4. The van der Waals surface area contributed by atoms with Crippen molar-refractivity contribution in [2.45, 2.75) is 341 Å². The van der Waals surface area contributed by atoms with E-state index in [2.05, 4.69) is 20.8 Å². The van der Waals surface area contributed by atoms with E-state index in [-0.39, 0.29) is 31.1 Å². The lowest BCUT2D eigenvalue weighted by molar-refractivity contribution is -0.167. The van der Waals surface area contributed by atoms with Gasteiger partial charge in [-0.15, -0.1) is 0 Å². The quantitative estimate of drug-likeness (QED) is 0.0344. The van der Waals surface area contributed by atoms with Gasteiger partial charge in [0, 0.05) is 19.3 Å². The molecular formula is C58H112O6. The van der Waals surface area contributed by atoms with Gasteiger partial charge in [-0.1, -0.05) is 297 Å². The van der Waals surface area contributed by atoms with Crippen LogP contribution in [-0.2, 0) is 28.6 Å². The second-order valence-electron chi connectivity index (χ2n) is 19.9. The van der Waals surface area contributed by atoms with Crippen molar-refractivity contribution in [1.29, 1.82) is 0 Å². The topological polar surface area (TPSA) is 78.9 Å². The van der Waals surface area contributed by atoms with Gasteiger partial charge < -0.3 is 14.2 Å². The van der Waals surface area contributed by atoms with Crippen molar-refractivity contribution in [3.63, 3.8) is 0 Å². The van der Waals surface area contributed by atoms with Crippen LogP contribution in [-0.4, -0.2) is 37.2 Å². The minimum Gasteiger partial charge on any atom is -0.462 e. The zero-order valence-electron chi connectivity index (χ0n) is 43.6. The van der Waals surface area contributed by atoms with Crippen molar-refractivity contribution in [1.82, 2.24) is 0 Å². The van der Waals surface area contributed by atoms with Crippen LogP contribution in [0.2, 0.25) is 0 Å². The third kappa shape index (κ3) is 51.4. The van der Waals surface area contributed by atoms with Gasteiger partial charge in [0.2, 0.25) is 0 Å². The minimum absolute atomic E-state index is 0.0612. The summed E-state index contributed by atoms with van der Waals surface area (Å²) >= 11 is 0. The smallest absolute Gasteiger partial charge is 0.306 e. The summed E-state index contributed by atoms with van der Waals surface area (Å²) in [5, 5.41) is 0. The molecule has 0 aliphatic carbocycles. The highest BCUT2D eigenvalue weighted by molar-refractivity contribution is 5.71. The maximum Gasteiger partial charge on any atom is 0.306 e. The maximum absolute atomic E-state index is 12.8. The van der Waals surface area contributed by atoms with Gasteiger partial charge in [0.1, 0.15) is 13.2 Å². The molecule has 6 nitrogen and oxygen atoms in total. The Balaban J connectivity index is 4.22. The number of unbranched alkanes of at least 4 members (excludes halogenated alkanes) is 43. The number of ether oxygens (including phenoxy) is 3. The SMILES string of the molecule is CCCCCCCCCCCCCCCCCCCCCC(=O)OC[C@@H](COC(=O)CCCCCCCCCCCCCCCCCC)OC(=O)CCCCCCCCCCCCC. The van der Waals surface area contributed by atoms with Crippen molar-refractivity contribution >= 4 is 17.9 Å². The zero-order chi connectivity index (χ0) is 46.5. The second-order valence-corrected chi connectivity index (χ2v) is 19.9. The van der Waals surface area contributed by atoms with Crippen LogP contribution in [0.3, 0.4) is 0 Å². The van der Waals surface area contributed by atoms with Crippen LogP contribution >= 0.6 is 0 Å². The van der Waals surface area contributed by atoms with Crippen molar-refractivity contribution in [3.8, 4) is 0 Å². The summed E-state index contributed by atoms with van der Waals surface area (Å²) in [6, 6.07) is 0. The Morgan fingerprint density at radius 3 is 0.625 bits per heavy atom. The molecule has 0 unspecified atom stereocenters. The summed E-state index contributed by atoms with van der Waals surface area (Å²) in [6.07, 6.45) is 59.5. The lowest BCUT2D eigenvalue weighted by atomic mass is 10.0. The molecule has 380 valence electrons.